The number of ether oxygens (including phenoxy) is 2. The summed E-state index contributed by atoms with van der Waals surface area (Å²) in [4.78, 5) is 23.2. The van der Waals surface area contributed by atoms with Crippen LogP contribution in [0.25, 0.3) is 0 Å². The average molecular weight is 385 g/mol. The summed E-state index contributed by atoms with van der Waals surface area (Å²) in [6.45, 7) is 4.68. The minimum absolute atomic E-state index is 0.0343. The van der Waals surface area contributed by atoms with Crippen molar-refractivity contribution in [1.29, 1.82) is 0 Å². The average Bonchev–Trinajstić information content (AvgIpc) is 2.49. The molecule has 0 saturated carbocycles. The highest BCUT2D eigenvalue weighted by Crippen LogP contribution is 2.37. The van der Waals surface area contributed by atoms with E-state index in [9.17, 15) is 35.9 Å². The molecule has 0 bridgehead atoms. The van der Waals surface area contributed by atoms with Crippen molar-refractivity contribution in [2.75, 3.05) is 12.4 Å². The van der Waals surface area contributed by atoms with Crippen LogP contribution in [0.15, 0.2) is 30.4 Å². The van der Waals surface area contributed by atoms with Crippen LogP contribution >= 0.6 is 0 Å². The maximum absolute atomic E-state index is 12.8. The number of hydrogen-bond acceptors (Lipinski definition) is 4. The molecule has 11 heteroatoms. The van der Waals surface area contributed by atoms with Gasteiger partial charge in [-0.15, -0.1) is 0 Å². The van der Waals surface area contributed by atoms with Gasteiger partial charge >= 0.3 is 24.4 Å². The van der Waals surface area contributed by atoms with E-state index < -0.39 is 47.3 Å². The predicted octanol–water partition coefficient (Wildman–Crippen LogP) is 4.39. The van der Waals surface area contributed by atoms with Gasteiger partial charge in [-0.1, -0.05) is 6.58 Å². The van der Waals surface area contributed by atoms with Crippen LogP contribution in [0.1, 0.15) is 18.1 Å². The minimum atomic E-state index is -5.08. The van der Waals surface area contributed by atoms with Gasteiger partial charge in [0.05, 0.1) is 18.2 Å². The number of hydrogen-bond donors (Lipinski definition) is 1. The van der Waals surface area contributed by atoms with Crippen molar-refractivity contribution < 1.29 is 45.4 Å². The molecule has 144 valence electrons. The lowest BCUT2D eigenvalue weighted by molar-refractivity contribution is -0.148. The highest BCUT2D eigenvalue weighted by atomic mass is 19.4. The topological polar surface area (TPSA) is 64.6 Å². The zero-order valence-electron chi connectivity index (χ0n) is 13.4. The lowest BCUT2D eigenvalue weighted by atomic mass is 10.1. The van der Waals surface area contributed by atoms with Gasteiger partial charge in [0.25, 0.3) is 0 Å². The van der Waals surface area contributed by atoms with Crippen LogP contribution in [0.3, 0.4) is 0 Å². The number of methoxy groups -OCH3 is 1. The van der Waals surface area contributed by atoms with Crippen LogP contribution in [0, 0.1) is 0 Å². The third-order valence-electron chi connectivity index (χ3n) is 2.92. The summed E-state index contributed by atoms with van der Waals surface area (Å²) in [5, 5.41) is 1.72. The van der Waals surface area contributed by atoms with Crippen molar-refractivity contribution in [2.24, 2.45) is 0 Å². The summed E-state index contributed by atoms with van der Waals surface area (Å²) >= 11 is 0. The molecular formula is C15H13F6NO4. The van der Waals surface area contributed by atoms with E-state index in [1.807, 2.05) is 0 Å². The molecule has 0 heterocycles. The summed E-state index contributed by atoms with van der Waals surface area (Å²) in [5.41, 5.74) is -4.02. The highest BCUT2D eigenvalue weighted by molar-refractivity contribution is 5.88. The summed E-state index contributed by atoms with van der Waals surface area (Å²) < 4.78 is 85.5. The molecule has 0 fully saturated rings. The zero-order chi connectivity index (χ0) is 20.3. The largest absolute Gasteiger partial charge is 0.466 e. The molecule has 1 unspecified atom stereocenters. The Labute approximate surface area is 143 Å². The molecule has 0 aliphatic heterocycles. The Morgan fingerprint density at radius 3 is 1.85 bits per heavy atom. The number of carbonyl (C=O) groups excluding carboxylic acids is 2. The lowest BCUT2D eigenvalue weighted by Gasteiger charge is -2.17. The zero-order valence-corrected chi connectivity index (χ0v) is 13.4. The second-order valence-electron chi connectivity index (χ2n) is 5.07. The smallest absolute Gasteiger partial charge is 0.416 e. The quantitative estimate of drug-likeness (QED) is 0.474. The van der Waals surface area contributed by atoms with Crippen LogP contribution in [0.2, 0.25) is 0 Å². The molecule has 0 aliphatic carbocycles. The monoisotopic (exact) mass is 385 g/mol. The van der Waals surface area contributed by atoms with Crippen molar-refractivity contribution in [3.8, 4) is 0 Å². The van der Waals surface area contributed by atoms with Crippen LogP contribution in [0.4, 0.5) is 36.8 Å². The highest BCUT2D eigenvalue weighted by Gasteiger charge is 2.37. The first-order valence-electron chi connectivity index (χ1n) is 6.76. The Balaban J connectivity index is 3.13. The summed E-state index contributed by atoms with van der Waals surface area (Å²) in [7, 11) is 0.988. The number of benzene rings is 1. The molecular weight excluding hydrogens is 372 g/mol. The fourth-order valence-corrected chi connectivity index (χ4v) is 1.74. The second-order valence-corrected chi connectivity index (χ2v) is 5.07. The maximum Gasteiger partial charge on any atom is 0.416 e. The van der Waals surface area contributed by atoms with Gasteiger partial charge < -0.3 is 9.47 Å². The predicted molar refractivity (Wildman–Crippen MR) is 77.2 cm³/mol. The van der Waals surface area contributed by atoms with E-state index in [1.54, 1.807) is 5.32 Å². The van der Waals surface area contributed by atoms with Crippen molar-refractivity contribution in [2.45, 2.75) is 25.4 Å². The Kier molecular flexibility index (Phi) is 6.29. The van der Waals surface area contributed by atoms with E-state index in [4.69, 9.17) is 0 Å². The van der Waals surface area contributed by atoms with Gasteiger partial charge in [-0.2, -0.15) is 26.3 Å². The van der Waals surface area contributed by atoms with Crippen molar-refractivity contribution in [3.05, 3.63) is 41.5 Å². The van der Waals surface area contributed by atoms with Gasteiger partial charge in [-0.25, -0.2) is 9.59 Å². The van der Waals surface area contributed by atoms with Gasteiger partial charge in [0.2, 0.25) is 6.10 Å². The van der Waals surface area contributed by atoms with E-state index in [-0.39, 0.29) is 11.6 Å². The van der Waals surface area contributed by atoms with Gasteiger partial charge in [-0.3, -0.25) is 5.32 Å². The van der Waals surface area contributed by atoms with Gasteiger partial charge in [0, 0.05) is 5.69 Å². The number of alkyl halides is 6. The summed E-state index contributed by atoms with van der Waals surface area (Å²) in [6.07, 6.45) is -13.2. The number of carbonyl (C=O) groups is 2. The molecule has 1 aromatic carbocycles. The molecule has 0 radical (unpaired) electrons. The molecule has 1 amide bonds. The van der Waals surface area contributed by atoms with Gasteiger partial charge in [0.1, 0.15) is 0 Å². The Morgan fingerprint density at radius 2 is 1.50 bits per heavy atom. The third kappa shape index (κ3) is 5.67. The molecule has 0 aliphatic rings. The Bertz CT molecular complexity index is 679. The van der Waals surface area contributed by atoms with E-state index >= 15 is 0 Å². The molecule has 5 nitrogen and oxygen atoms in total. The van der Waals surface area contributed by atoms with Crippen LogP contribution in [-0.4, -0.2) is 25.3 Å². The number of amides is 1. The number of nitrogens with one attached hydrogen (secondary N) is 1. The number of halogens is 6. The maximum atomic E-state index is 12.8. The van der Waals surface area contributed by atoms with Crippen molar-refractivity contribution >= 4 is 17.7 Å². The molecule has 1 aromatic rings. The minimum Gasteiger partial charge on any atom is -0.466 e. The van der Waals surface area contributed by atoms with E-state index in [0.29, 0.717) is 12.1 Å². The fourth-order valence-electron chi connectivity index (χ4n) is 1.74. The normalized spacial score (nSPS) is 12.9. The first kappa shape index (κ1) is 21.3. The Morgan fingerprint density at radius 1 is 1.04 bits per heavy atom. The number of rotatable bonds is 4. The SMILES string of the molecule is C=C(C)C(OC(=O)Nc1cc(C(F)(F)F)cc(C(F)(F)F)c1)C(=O)OC. The first-order chi connectivity index (χ1) is 11.8. The van der Waals surface area contributed by atoms with Crippen molar-refractivity contribution in [3.63, 3.8) is 0 Å². The number of anilines is 1. The molecule has 1 N–H and O–H groups in total. The molecule has 1 atom stereocenters. The van der Waals surface area contributed by atoms with Crippen LogP contribution in [0.5, 0.6) is 0 Å². The lowest BCUT2D eigenvalue weighted by Crippen LogP contribution is -2.31. The third-order valence-corrected chi connectivity index (χ3v) is 2.92. The van der Waals surface area contributed by atoms with Gasteiger partial charge in [0.15, 0.2) is 0 Å². The van der Waals surface area contributed by atoms with Gasteiger partial charge in [-0.05, 0) is 30.7 Å². The molecule has 0 spiro atoms. The fraction of sp³-hybridized carbons (Fsp3) is 0.333. The summed E-state index contributed by atoms with van der Waals surface area (Å²) in [5.74, 6) is -1.02. The summed E-state index contributed by atoms with van der Waals surface area (Å²) in [6, 6.07) is 0.497. The number of esters is 1. The van der Waals surface area contributed by atoms with E-state index in [1.165, 1.54) is 6.92 Å². The molecule has 0 aromatic heterocycles. The first-order valence-corrected chi connectivity index (χ1v) is 6.76. The Hall–Kier alpha value is -2.72. The molecule has 26 heavy (non-hydrogen) atoms. The van der Waals surface area contributed by atoms with Crippen molar-refractivity contribution in [1.82, 2.24) is 0 Å². The standard InChI is InChI=1S/C15H13F6NO4/c1-7(2)11(12(23)25-3)26-13(24)22-10-5-8(14(16,17)18)4-9(6-10)15(19,20)21/h4-6,11H,1H2,2-3H3,(H,22,24). The van der Waals surface area contributed by atoms with E-state index in [2.05, 4.69) is 16.1 Å². The van der Waals surface area contributed by atoms with E-state index in [0.717, 1.165) is 7.11 Å². The molecule has 1 rings (SSSR count). The van der Waals surface area contributed by atoms with Crippen LogP contribution < -0.4 is 5.32 Å². The molecule has 0 saturated heterocycles. The van der Waals surface area contributed by atoms with Crippen LogP contribution in [-0.2, 0) is 26.6 Å². The second kappa shape index (κ2) is 7.67.